The Bertz CT molecular complexity index is 323. The first kappa shape index (κ1) is 10.7. The van der Waals surface area contributed by atoms with Crippen LogP contribution < -0.4 is 4.90 Å². The van der Waals surface area contributed by atoms with Gasteiger partial charge in [0.05, 0.1) is 5.02 Å². The Hall–Kier alpha value is -0.760. The predicted octanol–water partition coefficient (Wildman–Crippen LogP) is 3.36. The van der Waals surface area contributed by atoms with Crippen molar-refractivity contribution >= 4 is 17.4 Å². The number of nitrogens with zero attached hydrogens (tertiary/aromatic N) is 2. The average Bonchev–Trinajstić information content (AvgIpc) is 2.20. The lowest BCUT2D eigenvalue weighted by Crippen LogP contribution is -2.40. The fraction of sp³-hybridized carbons (Fsp3) is 0.583. The molecule has 2 rings (SSSR count). The summed E-state index contributed by atoms with van der Waals surface area (Å²) in [7, 11) is 0. The van der Waals surface area contributed by atoms with Gasteiger partial charge in [0, 0.05) is 18.8 Å². The zero-order valence-electron chi connectivity index (χ0n) is 9.28. The summed E-state index contributed by atoms with van der Waals surface area (Å²) in [5, 5.41) is 0.705. The van der Waals surface area contributed by atoms with E-state index in [1.165, 1.54) is 12.8 Å². The van der Waals surface area contributed by atoms with Crippen molar-refractivity contribution in [2.75, 3.05) is 11.4 Å². The number of hydrogen-bond donors (Lipinski definition) is 0. The second-order valence-electron chi connectivity index (χ2n) is 4.51. The topological polar surface area (TPSA) is 16.1 Å². The molecule has 0 radical (unpaired) electrons. The van der Waals surface area contributed by atoms with Crippen molar-refractivity contribution in [3.63, 3.8) is 0 Å². The first-order chi connectivity index (χ1) is 7.16. The van der Waals surface area contributed by atoms with Crippen LogP contribution in [-0.4, -0.2) is 17.6 Å². The van der Waals surface area contributed by atoms with Crippen molar-refractivity contribution in [2.24, 2.45) is 5.92 Å². The molecule has 0 saturated carbocycles. The van der Waals surface area contributed by atoms with Crippen molar-refractivity contribution in [1.82, 2.24) is 4.98 Å². The fourth-order valence-corrected chi connectivity index (χ4v) is 2.40. The summed E-state index contributed by atoms with van der Waals surface area (Å²) in [5.41, 5.74) is 0. The van der Waals surface area contributed by atoms with E-state index in [-0.39, 0.29) is 0 Å². The maximum absolute atomic E-state index is 5.83. The zero-order chi connectivity index (χ0) is 10.8. The van der Waals surface area contributed by atoms with E-state index < -0.39 is 0 Å². The van der Waals surface area contributed by atoms with Crippen molar-refractivity contribution in [3.8, 4) is 0 Å². The number of hydrogen-bond acceptors (Lipinski definition) is 2. The SMILES string of the molecule is CC1CCN(c2ccc(Cl)cn2)C(C)C1. The largest absolute Gasteiger partial charge is 0.354 e. The number of piperidine rings is 1. The minimum atomic E-state index is 0.586. The number of pyridine rings is 1. The van der Waals surface area contributed by atoms with Gasteiger partial charge in [0.1, 0.15) is 5.82 Å². The molecule has 0 amide bonds. The van der Waals surface area contributed by atoms with Crippen LogP contribution in [0.1, 0.15) is 26.7 Å². The molecule has 1 aliphatic rings. The molecular weight excluding hydrogens is 208 g/mol. The molecular formula is C12H17ClN2. The lowest BCUT2D eigenvalue weighted by molar-refractivity contribution is 0.376. The normalized spacial score (nSPS) is 26.7. The second kappa shape index (κ2) is 4.40. The van der Waals surface area contributed by atoms with E-state index in [9.17, 15) is 0 Å². The highest BCUT2D eigenvalue weighted by Gasteiger charge is 2.23. The summed E-state index contributed by atoms with van der Waals surface area (Å²) in [6, 6.07) is 4.51. The highest BCUT2D eigenvalue weighted by Crippen LogP contribution is 2.26. The van der Waals surface area contributed by atoms with E-state index in [4.69, 9.17) is 11.6 Å². The molecule has 1 aromatic heterocycles. The van der Waals surface area contributed by atoms with Crippen LogP contribution in [0.4, 0.5) is 5.82 Å². The average molecular weight is 225 g/mol. The summed E-state index contributed by atoms with van der Waals surface area (Å²) >= 11 is 5.83. The summed E-state index contributed by atoms with van der Waals surface area (Å²) in [6.07, 6.45) is 4.24. The van der Waals surface area contributed by atoms with E-state index in [0.29, 0.717) is 11.1 Å². The lowest BCUT2D eigenvalue weighted by atomic mass is 9.93. The Labute approximate surface area is 96.3 Å². The smallest absolute Gasteiger partial charge is 0.128 e. The minimum Gasteiger partial charge on any atom is -0.354 e. The summed E-state index contributed by atoms with van der Waals surface area (Å²) in [4.78, 5) is 6.74. The number of rotatable bonds is 1. The molecule has 2 unspecified atom stereocenters. The van der Waals surface area contributed by atoms with E-state index in [1.54, 1.807) is 6.20 Å². The molecule has 82 valence electrons. The van der Waals surface area contributed by atoms with Gasteiger partial charge in [-0.15, -0.1) is 0 Å². The van der Waals surface area contributed by atoms with Crippen molar-refractivity contribution in [1.29, 1.82) is 0 Å². The van der Waals surface area contributed by atoms with Gasteiger partial charge in [-0.25, -0.2) is 4.98 Å². The summed E-state index contributed by atoms with van der Waals surface area (Å²) < 4.78 is 0. The van der Waals surface area contributed by atoms with Gasteiger partial charge in [0.25, 0.3) is 0 Å². The quantitative estimate of drug-likeness (QED) is 0.727. The first-order valence-electron chi connectivity index (χ1n) is 5.55. The van der Waals surface area contributed by atoms with Crippen LogP contribution in [-0.2, 0) is 0 Å². The summed E-state index contributed by atoms with van der Waals surface area (Å²) in [5.74, 6) is 1.89. The van der Waals surface area contributed by atoms with Gasteiger partial charge >= 0.3 is 0 Å². The molecule has 2 atom stereocenters. The van der Waals surface area contributed by atoms with E-state index in [0.717, 1.165) is 18.3 Å². The second-order valence-corrected chi connectivity index (χ2v) is 4.94. The van der Waals surface area contributed by atoms with Crippen molar-refractivity contribution in [2.45, 2.75) is 32.7 Å². The Morgan fingerprint density at radius 2 is 2.20 bits per heavy atom. The molecule has 1 aromatic rings. The standard InChI is InChI=1S/C12H17ClN2/c1-9-5-6-15(10(2)7-9)12-4-3-11(13)8-14-12/h3-4,8-10H,5-7H2,1-2H3. The molecule has 0 aliphatic carbocycles. The molecule has 2 heterocycles. The van der Waals surface area contributed by atoms with Gasteiger partial charge in [-0.1, -0.05) is 18.5 Å². The zero-order valence-corrected chi connectivity index (χ0v) is 10.0. The minimum absolute atomic E-state index is 0.586. The highest BCUT2D eigenvalue weighted by atomic mass is 35.5. The van der Waals surface area contributed by atoms with E-state index in [2.05, 4.69) is 23.7 Å². The van der Waals surface area contributed by atoms with E-state index >= 15 is 0 Å². The molecule has 1 aliphatic heterocycles. The van der Waals surface area contributed by atoms with Crippen LogP contribution in [0.25, 0.3) is 0 Å². The molecule has 0 N–H and O–H groups in total. The third-order valence-corrected chi connectivity index (χ3v) is 3.37. The predicted molar refractivity (Wildman–Crippen MR) is 64.5 cm³/mol. The molecule has 1 saturated heterocycles. The monoisotopic (exact) mass is 224 g/mol. The van der Waals surface area contributed by atoms with E-state index in [1.807, 2.05) is 12.1 Å². The van der Waals surface area contributed by atoms with Crippen LogP contribution in [0.5, 0.6) is 0 Å². The Morgan fingerprint density at radius 1 is 1.40 bits per heavy atom. The van der Waals surface area contributed by atoms with Crippen molar-refractivity contribution < 1.29 is 0 Å². The van der Waals surface area contributed by atoms with Gasteiger partial charge < -0.3 is 4.90 Å². The van der Waals surface area contributed by atoms with Gasteiger partial charge in [-0.3, -0.25) is 0 Å². The Morgan fingerprint density at radius 3 is 2.80 bits per heavy atom. The third kappa shape index (κ3) is 2.43. The molecule has 0 aromatic carbocycles. The Balaban J connectivity index is 2.13. The van der Waals surface area contributed by atoms with Crippen LogP contribution in [0.15, 0.2) is 18.3 Å². The lowest BCUT2D eigenvalue weighted by Gasteiger charge is -2.37. The number of halogens is 1. The summed E-state index contributed by atoms with van der Waals surface area (Å²) in [6.45, 7) is 5.70. The van der Waals surface area contributed by atoms with Gasteiger partial charge in [-0.05, 0) is 37.8 Å². The van der Waals surface area contributed by atoms with Crippen LogP contribution in [0, 0.1) is 5.92 Å². The molecule has 15 heavy (non-hydrogen) atoms. The molecule has 0 bridgehead atoms. The van der Waals surface area contributed by atoms with Crippen LogP contribution in [0.2, 0.25) is 5.02 Å². The maximum atomic E-state index is 5.83. The third-order valence-electron chi connectivity index (χ3n) is 3.14. The molecule has 1 fully saturated rings. The maximum Gasteiger partial charge on any atom is 0.128 e. The number of aromatic nitrogens is 1. The fourth-order valence-electron chi connectivity index (χ4n) is 2.29. The Kier molecular flexibility index (Phi) is 3.15. The van der Waals surface area contributed by atoms with Crippen LogP contribution >= 0.6 is 11.6 Å². The first-order valence-corrected chi connectivity index (χ1v) is 5.93. The molecule has 0 spiro atoms. The number of anilines is 1. The van der Waals surface area contributed by atoms with Gasteiger partial charge in [0.2, 0.25) is 0 Å². The van der Waals surface area contributed by atoms with Crippen LogP contribution in [0.3, 0.4) is 0 Å². The molecule has 3 heteroatoms. The van der Waals surface area contributed by atoms with Gasteiger partial charge in [-0.2, -0.15) is 0 Å². The van der Waals surface area contributed by atoms with Crippen molar-refractivity contribution in [3.05, 3.63) is 23.4 Å². The van der Waals surface area contributed by atoms with Gasteiger partial charge in [0.15, 0.2) is 0 Å². The highest BCUT2D eigenvalue weighted by molar-refractivity contribution is 6.30. The molecule has 2 nitrogen and oxygen atoms in total.